The average Bonchev–Trinajstić information content (AvgIpc) is 2.03. The first-order valence-electron chi connectivity index (χ1n) is 3.31. The number of aliphatic hydroxyl groups is 1. The molecular formula is C8H7F2IO. The largest absolute Gasteiger partial charge is 0.381 e. The smallest absolute Gasteiger partial charge is 0.325 e. The Bertz CT molecular complexity index is 245. The van der Waals surface area contributed by atoms with Crippen molar-refractivity contribution in [2.24, 2.45) is 0 Å². The summed E-state index contributed by atoms with van der Waals surface area (Å²) in [4.78, 5) is 0. The first-order valence-corrected chi connectivity index (χ1v) is 4.39. The van der Waals surface area contributed by atoms with Gasteiger partial charge in [-0.3, -0.25) is 0 Å². The Morgan fingerprint density at radius 3 is 2.17 bits per heavy atom. The molecule has 0 heterocycles. The molecule has 0 bridgehead atoms. The van der Waals surface area contributed by atoms with E-state index in [-0.39, 0.29) is 5.56 Å². The van der Waals surface area contributed by atoms with Crippen molar-refractivity contribution in [2.45, 2.75) is 10.0 Å². The van der Waals surface area contributed by atoms with Crippen LogP contribution in [0, 0.1) is 0 Å². The normalized spacial score (nSPS) is 14.3. The predicted octanol–water partition coefficient (Wildman–Crippen LogP) is 2.75. The van der Waals surface area contributed by atoms with Gasteiger partial charge in [0.15, 0.2) is 6.10 Å². The summed E-state index contributed by atoms with van der Waals surface area (Å²) >= 11 is 0.923. The molecule has 0 amide bonds. The minimum Gasteiger partial charge on any atom is -0.381 e. The molecule has 0 aliphatic heterocycles. The Hall–Kier alpha value is -0.230. The lowest BCUT2D eigenvalue weighted by Gasteiger charge is -2.16. The van der Waals surface area contributed by atoms with Crippen molar-refractivity contribution in [3.8, 4) is 0 Å². The molecule has 0 saturated carbocycles. The summed E-state index contributed by atoms with van der Waals surface area (Å²) in [5.41, 5.74) is 0.233. The van der Waals surface area contributed by atoms with E-state index in [1.807, 2.05) is 0 Å². The fourth-order valence-electron chi connectivity index (χ4n) is 0.824. The fraction of sp³-hybridized carbons (Fsp3) is 0.250. The van der Waals surface area contributed by atoms with Crippen molar-refractivity contribution in [2.75, 3.05) is 0 Å². The third-order valence-corrected chi connectivity index (χ3v) is 2.02. The summed E-state index contributed by atoms with van der Waals surface area (Å²) in [7, 11) is 0. The van der Waals surface area contributed by atoms with Gasteiger partial charge in [-0.25, -0.2) is 0 Å². The Morgan fingerprint density at radius 1 is 1.25 bits per heavy atom. The van der Waals surface area contributed by atoms with Gasteiger partial charge in [-0.15, -0.1) is 0 Å². The van der Waals surface area contributed by atoms with Crippen LogP contribution in [0.15, 0.2) is 30.3 Å². The lowest BCUT2D eigenvalue weighted by atomic mass is 10.1. The van der Waals surface area contributed by atoms with Crippen LogP contribution in [0.2, 0.25) is 0 Å². The molecule has 1 unspecified atom stereocenters. The number of hydrogen-bond donors (Lipinski definition) is 1. The second-order valence-corrected chi connectivity index (χ2v) is 3.79. The molecule has 0 aromatic heterocycles. The number of aliphatic hydroxyl groups excluding tert-OH is 1. The van der Waals surface area contributed by atoms with Gasteiger partial charge in [-0.05, 0) is 5.56 Å². The lowest BCUT2D eigenvalue weighted by Crippen LogP contribution is -2.17. The highest BCUT2D eigenvalue weighted by Gasteiger charge is 2.35. The average molecular weight is 284 g/mol. The molecule has 0 spiro atoms. The molecule has 0 saturated heterocycles. The zero-order valence-corrected chi connectivity index (χ0v) is 8.20. The van der Waals surface area contributed by atoms with Crippen LogP contribution < -0.4 is 0 Å². The third-order valence-electron chi connectivity index (χ3n) is 1.43. The molecule has 0 fully saturated rings. The molecule has 1 aromatic rings. The number of alkyl halides is 3. The van der Waals surface area contributed by atoms with E-state index in [1.54, 1.807) is 18.2 Å². The van der Waals surface area contributed by atoms with Crippen molar-refractivity contribution in [1.82, 2.24) is 0 Å². The maximum absolute atomic E-state index is 12.5. The molecule has 1 nitrogen and oxygen atoms in total. The van der Waals surface area contributed by atoms with Crippen molar-refractivity contribution >= 4 is 22.6 Å². The molecule has 4 heteroatoms. The summed E-state index contributed by atoms with van der Waals surface area (Å²) < 4.78 is 22.0. The van der Waals surface area contributed by atoms with Crippen LogP contribution in [-0.4, -0.2) is 9.04 Å². The quantitative estimate of drug-likeness (QED) is 0.654. The van der Waals surface area contributed by atoms with Gasteiger partial charge in [0.25, 0.3) is 0 Å². The molecule has 1 atom stereocenters. The van der Waals surface area contributed by atoms with Crippen molar-refractivity contribution in [1.29, 1.82) is 0 Å². The van der Waals surface area contributed by atoms with Gasteiger partial charge >= 0.3 is 3.93 Å². The Kier molecular flexibility index (Phi) is 3.00. The first-order chi connectivity index (χ1) is 5.52. The third kappa shape index (κ3) is 2.38. The highest BCUT2D eigenvalue weighted by Crippen LogP contribution is 2.36. The van der Waals surface area contributed by atoms with Gasteiger partial charge in [-0.1, -0.05) is 30.3 Å². The van der Waals surface area contributed by atoms with E-state index in [1.165, 1.54) is 12.1 Å². The highest BCUT2D eigenvalue weighted by molar-refractivity contribution is 14.1. The monoisotopic (exact) mass is 284 g/mol. The van der Waals surface area contributed by atoms with Crippen molar-refractivity contribution in [3.63, 3.8) is 0 Å². The van der Waals surface area contributed by atoms with E-state index in [0.717, 1.165) is 22.6 Å². The molecule has 1 aromatic carbocycles. The van der Waals surface area contributed by atoms with Gasteiger partial charge in [0.2, 0.25) is 0 Å². The Morgan fingerprint density at radius 2 is 1.75 bits per heavy atom. The molecule has 66 valence electrons. The SMILES string of the molecule is OC(c1ccccc1)C(F)(F)I. The fourth-order valence-corrected chi connectivity index (χ4v) is 1.18. The van der Waals surface area contributed by atoms with Crippen LogP contribution in [-0.2, 0) is 0 Å². The molecule has 0 aliphatic rings. The molecule has 12 heavy (non-hydrogen) atoms. The zero-order chi connectivity index (χ0) is 9.19. The van der Waals surface area contributed by atoms with E-state index in [9.17, 15) is 8.78 Å². The second kappa shape index (κ2) is 3.66. The number of halogens is 3. The van der Waals surface area contributed by atoms with Crippen LogP contribution in [0.1, 0.15) is 11.7 Å². The van der Waals surface area contributed by atoms with Crippen LogP contribution in [0.4, 0.5) is 8.78 Å². The summed E-state index contributed by atoms with van der Waals surface area (Å²) in [6.07, 6.45) is -1.72. The summed E-state index contributed by atoms with van der Waals surface area (Å²) in [5, 5.41) is 9.10. The van der Waals surface area contributed by atoms with Crippen LogP contribution >= 0.6 is 22.6 Å². The zero-order valence-electron chi connectivity index (χ0n) is 6.05. The highest BCUT2D eigenvalue weighted by atomic mass is 127. The van der Waals surface area contributed by atoms with Gasteiger partial charge < -0.3 is 5.11 Å². The van der Waals surface area contributed by atoms with Gasteiger partial charge in [0.05, 0.1) is 0 Å². The van der Waals surface area contributed by atoms with E-state index in [4.69, 9.17) is 5.11 Å². The van der Waals surface area contributed by atoms with Crippen LogP contribution in [0.25, 0.3) is 0 Å². The lowest BCUT2D eigenvalue weighted by molar-refractivity contribution is -0.0206. The molecule has 1 N–H and O–H groups in total. The predicted molar refractivity (Wildman–Crippen MR) is 50.4 cm³/mol. The van der Waals surface area contributed by atoms with E-state index < -0.39 is 10.0 Å². The standard InChI is InChI=1S/C8H7F2IO/c9-8(10,11)7(12)6-4-2-1-3-5-6/h1-5,7,12H. The maximum Gasteiger partial charge on any atom is 0.325 e. The van der Waals surface area contributed by atoms with Gasteiger partial charge in [-0.2, -0.15) is 8.78 Å². The van der Waals surface area contributed by atoms with Crippen molar-refractivity contribution < 1.29 is 13.9 Å². The molecular weight excluding hydrogens is 277 g/mol. The second-order valence-electron chi connectivity index (χ2n) is 2.35. The van der Waals surface area contributed by atoms with E-state index in [2.05, 4.69) is 0 Å². The van der Waals surface area contributed by atoms with Crippen LogP contribution in [0.3, 0.4) is 0 Å². The Labute approximate surface area is 82.5 Å². The number of rotatable bonds is 2. The first kappa shape index (κ1) is 9.85. The van der Waals surface area contributed by atoms with Gasteiger partial charge in [0, 0.05) is 22.6 Å². The topological polar surface area (TPSA) is 20.2 Å². The molecule has 0 aliphatic carbocycles. The summed E-state index contributed by atoms with van der Waals surface area (Å²) in [5.74, 6) is 0. The Balaban J connectivity index is 2.86. The maximum atomic E-state index is 12.5. The minimum atomic E-state index is -3.11. The summed E-state index contributed by atoms with van der Waals surface area (Å²) in [6, 6.07) is 7.87. The van der Waals surface area contributed by atoms with Crippen LogP contribution in [0.5, 0.6) is 0 Å². The van der Waals surface area contributed by atoms with Gasteiger partial charge in [0.1, 0.15) is 0 Å². The molecule has 0 radical (unpaired) electrons. The van der Waals surface area contributed by atoms with Crippen molar-refractivity contribution in [3.05, 3.63) is 35.9 Å². The minimum absolute atomic E-state index is 0.233. The van der Waals surface area contributed by atoms with E-state index >= 15 is 0 Å². The molecule has 1 rings (SSSR count). The number of hydrogen-bond acceptors (Lipinski definition) is 1. The summed E-state index contributed by atoms with van der Waals surface area (Å²) in [6.45, 7) is 0. The number of benzene rings is 1. The van der Waals surface area contributed by atoms with E-state index in [0.29, 0.717) is 0 Å².